The van der Waals surface area contributed by atoms with Gasteiger partial charge in [-0.2, -0.15) is 0 Å². The summed E-state index contributed by atoms with van der Waals surface area (Å²) in [6.45, 7) is 4.25. The van der Waals surface area contributed by atoms with E-state index in [1.807, 2.05) is 0 Å². The molecule has 0 aliphatic heterocycles. The van der Waals surface area contributed by atoms with Gasteiger partial charge in [-0.1, -0.05) is 54.1 Å². The van der Waals surface area contributed by atoms with Crippen molar-refractivity contribution in [2.24, 2.45) is 0 Å². The van der Waals surface area contributed by atoms with Crippen molar-refractivity contribution in [3.05, 3.63) is 71.8 Å². The highest BCUT2D eigenvalue weighted by Gasteiger charge is 2.06. The molecule has 1 heteroatoms. The molecular weight excluding hydrogens is 254 g/mol. The van der Waals surface area contributed by atoms with Gasteiger partial charge in [0.15, 0.2) is 0 Å². The number of fused-ring (bicyclic) bond motifs is 3. The first-order valence-electron chi connectivity index (χ1n) is 7.30. The number of nitrogens with one attached hydrogen (secondary N) is 1. The van der Waals surface area contributed by atoms with Gasteiger partial charge in [-0.3, -0.25) is 0 Å². The van der Waals surface area contributed by atoms with E-state index < -0.39 is 0 Å². The van der Waals surface area contributed by atoms with Crippen LogP contribution in [0, 0.1) is 13.8 Å². The third-order valence-corrected chi connectivity index (χ3v) is 4.14. The van der Waals surface area contributed by atoms with Crippen LogP contribution in [0.1, 0.15) is 11.1 Å². The predicted molar refractivity (Wildman–Crippen MR) is 90.7 cm³/mol. The van der Waals surface area contributed by atoms with Crippen molar-refractivity contribution in [3.8, 4) is 11.1 Å². The van der Waals surface area contributed by atoms with Crippen LogP contribution in [-0.2, 0) is 0 Å². The Bertz CT molecular complexity index is 943. The number of hydrogen-bond acceptors (Lipinski definition) is 0. The molecule has 1 aromatic heterocycles. The quantitative estimate of drug-likeness (QED) is 0.463. The Morgan fingerprint density at radius 1 is 0.571 bits per heavy atom. The molecular formula is C20H17N. The number of H-pyrrole nitrogens is 1. The van der Waals surface area contributed by atoms with Crippen LogP contribution < -0.4 is 0 Å². The van der Waals surface area contributed by atoms with Gasteiger partial charge in [0.2, 0.25) is 0 Å². The van der Waals surface area contributed by atoms with Gasteiger partial charge in [-0.15, -0.1) is 0 Å². The van der Waals surface area contributed by atoms with Crippen LogP contribution in [0.2, 0.25) is 0 Å². The van der Waals surface area contributed by atoms with E-state index in [2.05, 4.69) is 79.5 Å². The van der Waals surface area contributed by atoms with Crippen LogP contribution >= 0.6 is 0 Å². The molecule has 4 rings (SSSR count). The maximum absolute atomic E-state index is 3.54. The Morgan fingerprint density at radius 3 is 1.90 bits per heavy atom. The molecule has 0 fully saturated rings. The molecule has 0 saturated heterocycles. The monoisotopic (exact) mass is 271 g/mol. The second-order valence-electron chi connectivity index (χ2n) is 5.80. The predicted octanol–water partition coefficient (Wildman–Crippen LogP) is 5.60. The Balaban J connectivity index is 1.93. The number of aryl methyl sites for hydroxylation is 2. The molecule has 0 aliphatic carbocycles. The zero-order valence-electron chi connectivity index (χ0n) is 12.3. The van der Waals surface area contributed by atoms with E-state index in [9.17, 15) is 0 Å². The first-order chi connectivity index (χ1) is 10.2. The fourth-order valence-corrected chi connectivity index (χ4v) is 2.95. The number of hydrogen-bond donors (Lipinski definition) is 1. The SMILES string of the molecule is Cc1ccc(-c2ccc3c(c2)[nH]c2cc(C)ccc23)cc1. The number of benzene rings is 3. The summed E-state index contributed by atoms with van der Waals surface area (Å²) in [5, 5.41) is 2.59. The molecule has 21 heavy (non-hydrogen) atoms. The summed E-state index contributed by atoms with van der Waals surface area (Å²) in [4.78, 5) is 3.54. The molecule has 0 amide bonds. The first kappa shape index (κ1) is 12.2. The zero-order valence-corrected chi connectivity index (χ0v) is 12.3. The second kappa shape index (κ2) is 4.49. The number of rotatable bonds is 1. The molecule has 0 saturated carbocycles. The standard InChI is InChI=1S/C20H17N/c1-13-3-6-15(7-4-13)16-8-10-18-17-9-5-14(2)11-19(17)21-20(18)12-16/h3-12,21H,1-2H3. The van der Waals surface area contributed by atoms with E-state index in [0.29, 0.717) is 0 Å². The van der Waals surface area contributed by atoms with Crippen LogP contribution in [0.25, 0.3) is 32.9 Å². The van der Waals surface area contributed by atoms with Gasteiger partial charge in [0.1, 0.15) is 0 Å². The zero-order chi connectivity index (χ0) is 14.4. The van der Waals surface area contributed by atoms with Gasteiger partial charge in [0.25, 0.3) is 0 Å². The Kier molecular flexibility index (Phi) is 2.61. The lowest BCUT2D eigenvalue weighted by Gasteiger charge is -2.02. The molecule has 4 aromatic rings. The molecule has 0 unspecified atom stereocenters. The van der Waals surface area contributed by atoms with Gasteiger partial charge in [0, 0.05) is 21.8 Å². The fourth-order valence-electron chi connectivity index (χ4n) is 2.95. The van der Waals surface area contributed by atoms with E-state index in [-0.39, 0.29) is 0 Å². The molecule has 1 nitrogen and oxygen atoms in total. The van der Waals surface area contributed by atoms with Crippen molar-refractivity contribution in [3.63, 3.8) is 0 Å². The third kappa shape index (κ3) is 2.02. The lowest BCUT2D eigenvalue weighted by atomic mass is 10.0. The molecule has 0 radical (unpaired) electrons. The smallest absolute Gasteiger partial charge is 0.0471 e. The molecule has 0 aliphatic rings. The van der Waals surface area contributed by atoms with Gasteiger partial charge in [0.05, 0.1) is 0 Å². The Hall–Kier alpha value is -2.54. The Morgan fingerprint density at radius 2 is 1.14 bits per heavy atom. The van der Waals surface area contributed by atoms with Crippen molar-refractivity contribution >= 4 is 21.8 Å². The largest absolute Gasteiger partial charge is 0.354 e. The minimum absolute atomic E-state index is 1.20. The molecule has 102 valence electrons. The average molecular weight is 271 g/mol. The lowest BCUT2D eigenvalue weighted by molar-refractivity contribution is 1.46. The minimum atomic E-state index is 1.20. The number of aromatic amines is 1. The highest BCUT2D eigenvalue weighted by Crippen LogP contribution is 2.30. The van der Waals surface area contributed by atoms with Gasteiger partial charge < -0.3 is 4.98 Å². The van der Waals surface area contributed by atoms with Gasteiger partial charge in [-0.05, 0) is 42.7 Å². The van der Waals surface area contributed by atoms with E-state index in [1.54, 1.807) is 0 Å². The topological polar surface area (TPSA) is 15.8 Å². The van der Waals surface area contributed by atoms with Crippen LogP contribution in [-0.4, -0.2) is 4.98 Å². The van der Waals surface area contributed by atoms with E-state index in [4.69, 9.17) is 0 Å². The van der Waals surface area contributed by atoms with Crippen LogP contribution in [0.3, 0.4) is 0 Å². The van der Waals surface area contributed by atoms with Gasteiger partial charge in [-0.25, -0.2) is 0 Å². The highest BCUT2D eigenvalue weighted by atomic mass is 14.7. The van der Waals surface area contributed by atoms with Crippen LogP contribution in [0.15, 0.2) is 60.7 Å². The van der Waals surface area contributed by atoms with Crippen molar-refractivity contribution in [2.75, 3.05) is 0 Å². The summed E-state index contributed by atoms with van der Waals surface area (Å²) in [7, 11) is 0. The molecule has 1 heterocycles. The Labute approximate surface area is 124 Å². The normalized spacial score (nSPS) is 11.3. The second-order valence-corrected chi connectivity index (χ2v) is 5.80. The summed E-state index contributed by atoms with van der Waals surface area (Å²) < 4.78 is 0. The molecule has 0 atom stereocenters. The molecule has 1 N–H and O–H groups in total. The van der Waals surface area contributed by atoms with Crippen molar-refractivity contribution in [1.29, 1.82) is 0 Å². The molecule has 3 aromatic carbocycles. The van der Waals surface area contributed by atoms with E-state index >= 15 is 0 Å². The summed E-state index contributed by atoms with van der Waals surface area (Å²) >= 11 is 0. The van der Waals surface area contributed by atoms with Crippen LogP contribution in [0.5, 0.6) is 0 Å². The van der Waals surface area contributed by atoms with E-state index in [0.717, 1.165) is 0 Å². The number of aromatic nitrogens is 1. The highest BCUT2D eigenvalue weighted by molar-refractivity contribution is 6.08. The lowest BCUT2D eigenvalue weighted by Crippen LogP contribution is -1.79. The average Bonchev–Trinajstić information content (AvgIpc) is 2.84. The van der Waals surface area contributed by atoms with Gasteiger partial charge >= 0.3 is 0 Å². The fraction of sp³-hybridized carbons (Fsp3) is 0.100. The summed E-state index contributed by atoms with van der Waals surface area (Å²) in [6, 6.07) is 21.9. The van der Waals surface area contributed by atoms with Crippen LogP contribution in [0.4, 0.5) is 0 Å². The maximum Gasteiger partial charge on any atom is 0.0471 e. The van der Waals surface area contributed by atoms with Crippen molar-refractivity contribution in [2.45, 2.75) is 13.8 Å². The first-order valence-corrected chi connectivity index (χ1v) is 7.30. The van der Waals surface area contributed by atoms with E-state index in [1.165, 1.54) is 44.1 Å². The summed E-state index contributed by atoms with van der Waals surface area (Å²) in [5.41, 5.74) is 7.51. The molecule has 0 bridgehead atoms. The summed E-state index contributed by atoms with van der Waals surface area (Å²) in [6.07, 6.45) is 0. The minimum Gasteiger partial charge on any atom is -0.354 e. The van der Waals surface area contributed by atoms with Crippen molar-refractivity contribution in [1.82, 2.24) is 4.98 Å². The third-order valence-electron chi connectivity index (χ3n) is 4.14. The summed E-state index contributed by atoms with van der Waals surface area (Å²) in [5.74, 6) is 0. The molecule has 0 spiro atoms. The van der Waals surface area contributed by atoms with Crippen molar-refractivity contribution < 1.29 is 0 Å². The maximum atomic E-state index is 3.54.